The summed E-state index contributed by atoms with van der Waals surface area (Å²) in [6, 6.07) is 0. The molecule has 0 unspecified atom stereocenters. The fourth-order valence-corrected chi connectivity index (χ4v) is 0.227. The molecule has 0 heterocycles. The summed E-state index contributed by atoms with van der Waals surface area (Å²) in [6.45, 7) is 0. The van der Waals surface area contributed by atoms with Gasteiger partial charge >= 0.3 is 12.4 Å². The van der Waals surface area contributed by atoms with Gasteiger partial charge in [0.05, 0.1) is 0 Å². The van der Waals surface area contributed by atoms with Gasteiger partial charge in [0.25, 0.3) is 0 Å². The van der Waals surface area contributed by atoms with E-state index in [4.69, 9.17) is 0 Å². The van der Waals surface area contributed by atoms with Gasteiger partial charge in [0, 0.05) is 0 Å². The van der Waals surface area contributed by atoms with Crippen LogP contribution in [0.3, 0.4) is 0 Å². The van der Waals surface area contributed by atoms with E-state index >= 15 is 0 Å². The molecule has 7 heteroatoms. The lowest BCUT2D eigenvalue weighted by molar-refractivity contribution is -0.232. The molecule has 0 amide bonds. The second-order valence-electron chi connectivity index (χ2n) is 1.41. The molecule has 64 valence electrons. The van der Waals surface area contributed by atoms with E-state index in [-0.39, 0.29) is 5.48 Å². The largest absolute Gasteiger partial charge is 0.412 e. The predicted molar refractivity (Wildman–Crippen MR) is 20.3 cm³/mol. The van der Waals surface area contributed by atoms with Gasteiger partial charge < -0.3 is 5.48 Å². The minimum atomic E-state index is -5.14. The Kier molecular flexibility index (Phi) is 3.78. The summed E-state index contributed by atoms with van der Waals surface area (Å²) in [5.74, 6) is 0. The van der Waals surface area contributed by atoms with Gasteiger partial charge in [0.2, 0.25) is 0 Å². The first-order chi connectivity index (χ1) is 3.71. The van der Waals surface area contributed by atoms with Crippen LogP contribution in [0.2, 0.25) is 0 Å². The van der Waals surface area contributed by atoms with Crippen molar-refractivity contribution in [3.05, 3.63) is 0 Å². The van der Waals surface area contributed by atoms with Crippen molar-refractivity contribution in [2.45, 2.75) is 18.8 Å². The summed E-state index contributed by atoms with van der Waals surface area (Å²) in [4.78, 5) is 0. The zero-order valence-corrected chi connectivity index (χ0v) is 4.47. The molecular formula is C3H4F6O. The van der Waals surface area contributed by atoms with E-state index in [1.807, 2.05) is 0 Å². The fraction of sp³-hybridized carbons (Fsp3) is 1.00. The molecule has 0 fully saturated rings. The van der Waals surface area contributed by atoms with Gasteiger partial charge in [-0.15, -0.1) is 0 Å². The number of rotatable bonds is 0. The van der Waals surface area contributed by atoms with Crippen LogP contribution in [0, 0.1) is 0 Å². The predicted octanol–water partition coefficient (Wildman–Crippen LogP) is 1.68. The zero-order valence-electron chi connectivity index (χ0n) is 4.47. The lowest BCUT2D eigenvalue weighted by Crippen LogP contribution is -2.20. The standard InChI is InChI=1S/C3H2F6.H2O/c4-2(5,6)1-3(7,8)9;/h1H2;1H2. The van der Waals surface area contributed by atoms with Crippen molar-refractivity contribution in [2.24, 2.45) is 0 Å². The first-order valence-electron chi connectivity index (χ1n) is 1.84. The van der Waals surface area contributed by atoms with Crippen LogP contribution in [0.25, 0.3) is 0 Å². The van der Waals surface area contributed by atoms with Crippen LogP contribution in [0.5, 0.6) is 0 Å². The normalized spacial score (nSPS) is 12.6. The van der Waals surface area contributed by atoms with Crippen molar-refractivity contribution >= 4 is 0 Å². The maximum absolute atomic E-state index is 10.8. The molecule has 0 aliphatic carbocycles. The highest BCUT2D eigenvalue weighted by atomic mass is 19.4. The number of hydrogen-bond acceptors (Lipinski definition) is 0. The molecule has 0 spiro atoms. The van der Waals surface area contributed by atoms with Crippen LogP contribution < -0.4 is 0 Å². The quantitative estimate of drug-likeness (QED) is 0.495. The Hall–Kier alpha value is -0.460. The highest BCUT2D eigenvalue weighted by Gasteiger charge is 2.43. The van der Waals surface area contributed by atoms with Crippen molar-refractivity contribution in [1.29, 1.82) is 0 Å². The second-order valence-corrected chi connectivity index (χ2v) is 1.41. The highest BCUT2D eigenvalue weighted by molar-refractivity contribution is 4.57. The number of hydrogen-bond donors (Lipinski definition) is 0. The van der Waals surface area contributed by atoms with Gasteiger partial charge in [-0.3, -0.25) is 0 Å². The van der Waals surface area contributed by atoms with E-state index < -0.39 is 18.8 Å². The van der Waals surface area contributed by atoms with Crippen LogP contribution in [-0.4, -0.2) is 17.8 Å². The SMILES string of the molecule is FC(F)(F)CC(F)(F)F.O. The van der Waals surface area contributed by atoms with Crippen LogP contribution in [0.1, 0.15) is 6.42 Å². The zero-order chi connectivity index (χ0) is 7.71. The maximum atomic E-state index is 10.8. The fourth-order valence-electron chi connectivity index (χ4n) is 0.227. The third-order valence-corrected chi connectivity index (χ3v) is 0.401. The first kappa shape index (κ1) is 12.2. The maximum Gasteiger partial charge on any atom is 0.397 e. The summed E-state index contributed by atoms with van der Waals surface area (Å²) >= 11 is 0. The Balaban J connectivity index is 0. The molecule has 0 radical (unpaired) electrons. The lowest BCUT2D eigenvalue weighted by atomic mass is 10.4. The average molecular weight is 170 g/mol. The molecule has 1 nitrogen and oxygen atoms in total. The minimum absolute atomic E-state index is 0. The number of alkyl halides is 6. The smallest absolute Gasteiger partial charge is 0.397 e. The molecule has 0 aromatic carbocycles. The van der Waals surface area contributed by atoms with Crippen molar-refractivity contribution in [3.8, 4) is 0 Å². The Morgan fingerprint density at radius 2 is 0.900 bits per heavy atom. The topological polar surface area (TPSA) is 31.5 Å². The Labute approximate surface area is 51.9 Å². The lowest BCUT2D eigenvalue weighted by Gasteiger charge is -2.08. The molecule has 0 saturated heterocycles. The van der Waals surface area contributed by atoms with Gasteiger partial charge in [0.15, 0.2) is 0 Å². The van der Waals surface area contributed by atoms with E-state index in [0.717, 1.165) is 0 Å². The Bertz CT molecular complexity index is 78.1. The van der Waals surface area contributed by atoms with Crippen molar-refractivity contribution in [2.75, 3.05) is 0 Å². The van der Waals surface area contributed by atoms with E-state index in [2.05, 4.69) is 0 Å². The highest BCUT2D eigenvalue weighted by Crippen LogP contribution is 2.31. The third-order valence-electron chi connectivity index (χ3n) is 0.401. The Morgan fingerprint density at radius 3 is 0.900 bits per heavy atom. The summed E-state index contributed by atoms with van der Waals surface area (Å²) in [6.07, 6.45) is -13.0. The summed E-state index contributed by atoms with van der Waals surface area (Å²) in [7, 11) is 0. The van der Waals surface area contributed by atoms with Crippen molar-refractivity contribution in [1.82, 2.24) is 0 Å². The van der Waals surface area contributed by atoms with Gasteiger partial charge in [0.1, 0.15) is 6.42 Å². The van der Waals surface area contributed by atoms with E-state index in [1.165, 1.54) is 0 Å². The van der Waals surface area contributed by atoms with E-state index in [1.54, 1.807) is 0 Å². The Morgan fingerprint density at radius 1 is 0.700 bits per heavy atom. The summed E-state index contributed by atoms with van der Waals surface area (Å²) in [5.41, 5.74) is 0. The van der Waals surface area contributed by atoms with Gasteiger partial charge in [-0.1, -0.05) is 0 Å². The van der Waals surface area contributed by atoms with Crippen molar-refractivity contribution < 1.29 is 31.8 Å². The molecule has 0 aromatic heterocycles. The molecule has 0 aromatic rings. The van der Waals surface area contributed by atoms with Crippen LogP contribution >= 0.6 is 0 Å². The van der Waals surface area contributed by atoms with Crippen LogP contribution in [-0.2, 0) is 0 Å². The summed E-state index contributed by atoms with van der Waals surface area (Å²) in [5, 5.41) is 0. The monoisotopic (exact) mass is 170 g/mol. The first-order valence-corrected chi connectivity index (χ1v) is 1.84. The minimum Gasteiger partial charge on any atom is -0.412 e. The molecule has 0 aliphatic heterocycles. The summed E-state index contributed by atoms with van der Waals surface area (Å²) < 4.78 is 65.0. The van der Waals surface area contributed by atoms with E-state index in [0.29, 0.717) is 0 Å². The van der Waals surface area contributed by atoms with Crippen LogP contribution in [0.4, 0.5) is 26.3 Å². The molecule has 10 heavy (non-hydrogen) atoms. The molecule has 0 bridgehead atoms. The average Bonchev–Trinajstić information content (AvgIpc) is 1.14. The molecule has 2 N–H and O–H groups in total. The van der Waals surface area contributed by atoms with Gasteiger partial charge in [-0.25, -0.2) is 0 Å². The third kappa shape index (κ3) is 10.5. The molecule has 0 atom stereocenters. The van der Waals surface area contributed by atoms with Gasteiger partial charge in [-0.2, -0.15) is 26.3 Å². The van der Waals surface area contributed by atoms with Crippen molar-refractivity contribution in [3.63, 3.8) is 0 Å². The van der Waals surface area contributed by atoms with Gasteiger partial charge in [-0.05, 0) is 0 Å². The molecule has 0 saturated carbocycles. The second kappa shape index (κ2) is 3.09. The molecule has 0 aliphatic rings. The van der Waals surface area contributed by atoms with E-state index in [9.17, 15) is 26.3 Å². The molecular weight excluding hydrogens is 166 g/mol. The molecule has 0 rings (SSSR count). The number of halogens is 6. The van der Waals surface area contributed by atoms with Crippen LogP contribution in [0.15, 0.2) is 0 Å².